The Bertz CT molecular complexity index is 590. The summed E-state index contributed by atoms with van der Waals surface area (Å²) in [5, 5.41) is 0.776. The van der Waals surface area contributed by atoms with Crippen molar-refractivity contribution in [3.05, 3.63) is 68.1 Å². The number of benzene rings is 2. The van der Waals surface area contributed by atoms with Gasteiger partial charge in [-0.25, -0.2) is 0 Å². The molecule has 0 radical (unpaired) electrons. The van der Waals surface area contributed by atoms with E-state index >= 15 is 0 Å². The molecule has 0 aromatic heterocycles. The Hall–Kier alpha value is -0.870. The minimum Gasteiger partial charge on any atom is -0.271 e. The number of nitrogens with two attached hydrogens (primary N) is 1. The van der Waals surface area contributed by atoms with Gasteiger partial charge in [-0.1, -0.05) is 57.9 Å². The zero-order valence-electron chi connectivity index (χ0n) is 11.6. The second kappa shape index (κ2) is 6.72. The van der Waals surface area contributed by atoms with E-state index in [1.165, 1.54) is 16.7 Å². The molecule has 2 nitrogen and oxygen atoms in total. The molecule has 4 heteroatoms. The van der Waals surface area contributed by atoms with Crippen molar-refractivity contribution in [1.29, 1.82) is 0 Å². The van der Waals surface area contributed by atoms with Crippen LogP contribution in [-0.2, 0) is 6.42 Å². The van der Waals surface area contributed by atoms with Crippen LogP contribution in [0, 0.1) is 13.8 Å². The maximum atomic E-state index is 6.22. The lowest BCUT2D eigenvalue weighted by Crippen LogP contribution is -2.29. The van der Waals surface area contributed by atoms with Gasteiger partial charge < -0.3 is 0 Å². The van der Waals surface area contributed by atoms with E-state index in [1.54, 1.807) is 0 Å². The third-order valence-corrected chi connectivity index (χ3v) is 5.06. The predicted octanol–water partition coefficient (Wildman–Crippen LogP) is 4.47. The molecule has 2 aromatic rings. The SMILES string of the molecule is Cc1cc(C(Cc2ccccc2Cl)NN)cc(C)c1Br. The molecule has 0 heterocycles. The molecule has 0 saturated carbocycles. The first-order valence-corrected chi connectivity index (χ1v) is 7.66. The molecule has 106 valence electrons. The standard InChI is InChI=1S/C16H18BrClN2/c1-10-7-13(8-11(2)16(10)17)15(20-19)9-12-5-3-4-6-14(12)18/h3-8,15,20H,9,19H2,1-2H3. The quantitative estimate of drug-likeness (QED) is 0.629. The summed E-state index contributed by atoms with van der Waals surface area (Å²) in [6.07, 6.45) is 0.761. The van der Waals surface area contributed by atoms with Crippen LogP contribution in [0.5, 0.6) is 0 Å². The van der Waals surface area contributed by atoms with Gasteiger partial charge in [0.05, 0.1) is 6.04 Å². The topological polar surface area (TPSA) is 38.0 Å². The van der Waals surface area contributed by atoms with Gasteiger partial charge in [-0.2, -0.15) is 0 Å². The fourth-order valence-electron chi connectivity index (χ4n) is 2.34. The number of hydrogen-bond acceptors (Lipinski definition) is 2. The number of hydrogen-bond donors (Lipinski definition) is 2. The van der Waals surface area contributed by atoms with Gasteiger partial charge in [0.15, 0.2) is 0 Å². The highest BCUT2D eigenvalue weighted by atomic mass is 79.9. The third kappa shape index (κ3) is 3.41. The fourth-order valence-corrected chi connectivity index (χ4v) is 2.78. The highest BCUT2D eigenvalue weighted by Crippen LogP contribution is 2.28. The molecule has 2 aromatic carbocycles. The average Bonchev–Trinajstić information content (AvgIpc) is 2.43. The monoisotopic (exact) mass is 352 g/mol. The lowest BCUT2D eigenvalue weighted by Gasteiger charge is -2.19. The van der Waals surface area contributed by atoms with Gasteiger partial charge in [-0.3, -0.25) is 11.3 Å². The van der Waals surface area contributed by atoms with Crippen LogP contribution in [-0.4, -0.2) is 0 Å². The Morgan fingerprint density at radius 3 is 2.35 bits per heavy atom. The Balaban J connectivity index is 2.31. The van der Waals surface area contributed by atoms with Gasteiger partial charge in [0.2, 0.25) is 0 Å². The van der Waals surface area contributed by atoms with Gasteiger partial charge in [0.1, 0.15) is 0 Å². The zero-order valence-corrected chi connectivity index (χ0v) is 13.9. The average molecular weight is 354 g/mol. The van der Waals surface area contributed by atoms with Crippen molar-refractivity contribution in [2.75, 3.05) is 0 Å². The maximum Gasteiger partial charge on any atom is 0.0501 e. The summed E-state index contributed by atoms with van der Waals surface area (Å²) < 4.78 is 1.15. The van der Waals surface area contributed by atoms with Gasteiger partial charge in [0.25, 0.3) is 0 Å². The first-order chi connectivity index (χ1) is 9.52. The number of halogens is 2. The molecule has 1 atom stereocenters. The molecule has 0 bridgehead atoms. The maximum absolute atomic E-state index is 6.22. The van der Waals surface area contributed by atoms with Crippen LogP contribution in [0.3, 0.4) is 0 Å². The molecule has 0 aliphatic heterocycles. The van der Waals surface area contributed by atoms with Crippen molar-refractivity contribution in [3.8, 4) is 0 Å². The minimum absolute atomic E-state index is 0.0420. The van der Waals surface area contributed by atoms with E-state index < -0.39 is 0 Å². The van der Waals surface area contributed by atoms with Crippen molar-refractivity contribution in [2.45, 2.75) is 26.3 Å². The van der Waals surface area contributed by atoms with Crippen LogP contribution in [0.25, 0.3) is 0 Å². The van der Waals surface area contributed by atoms with E-state index in [4.69, 9.17) is 17.4 Å². The molecule has 0 amide bonds. The van der Waals surface area contributed by atoms with Crippen LogP contribution >= 0.6 is 27.5 Å². The van der Waals surface area contributed by atoms with Gasteiger partial charge in [-0.15, -0.1) is 0 Å². The molecule has 0 aliphatic carbocycles. The van der Waals surface area contributed by atoms with Crippen molar-refractivity contribution in [3.63, 3.8) is 0 Å². The molecule has 3 N–H and O–H groups in total. The molecule has 0 fully saturated rings. The van der Waals surface area contributed by atoms with Crippen LogP contribution in [0.15, 0.2) is 40.9 Å². The van der Waals surface area contributed by atoms with Crippen LogP contribution in [0.4, 0.5) is 0 Å². The zero-order chi connectivity index (χ0) is 14.7. The van der Waals surface area contributed by atoms with E-state index in [9.17, 15) is 0 Å². The predicted molar refractivity (Wildman–Crippen MR) is 88.8 cm³/mol. The molecule has 1 unspecified atom stereocenters. The van der Waals surface area contributed by atoms with E-state index in [-0.39, 0.29) is 6.04 Å². The van der Waals surface area contributed by atoms with Crippen LogP contribution in [0.1, 0.15) is 28.3 Å². The Labute approximate surface area is 133 Å². The van der Waals surface area contributed by atoms with Gasteiger partial charge in [0, 0.05) is 9.50 Å². The Morgan fingerprint density at radius 1 is 1.20 bits per heavy atom. The molecule has 0 spiro atoms. The molecule has 0 aliphatic rings. The van der Waals surface area contributed by atoms with Crippen LogP contribution in [0.2, 0.25) is 5.02 Å². The summed E-state index contributed by atoms with van der Waals surface area (Å²) in [7, 11) is 0. The van der Waals surface area contributed by atoms with E-state index in [0.29, 0.717) is 0 Å². The minimum atomic E-state index is 0.0420. The Morgan fingerprint density at radius 2 is 1.80 bits per heavy atom. The number of nitrogens with one attached hydrogen (secondary N) is 1. The van der Waals surface area contributed by atoms with E-state index in [2.05, 4.69) is 47.3 Å². The fraction of sp³-hybridized carbons (Fsp3) is 0.250. The third-order valence-electron chi connectivity index (χ3n) is 3.44. The van der Waals surface area contributed by atoms with Crippen molar-refractivity contribution >= 4 is 27.5 Å². The molecule has 20 heavy (non-hydrogen) atoms. The summed E-state index contributed by atoms with van der Waals surface area (Å²) in [4.78, 5) is 0. The molecular weight excluding hydrogens is 336 g/mol. The number of rotatable bonds is 4. The first-order valence-electron chi connectivity index (χ1n) is 6.49. The second-order valence-corrected chi connectivity index (χ2v) is 6.18. The second-order valence-electron chi connectivity index (χ2n) is 4.98. The van der Waals surface area contributed by atoms with Gasteiger partial charge in [-0.05, 0) is 48.6 Å². The first kappa shape index (κ1) is 15.5. The smallest absolute Gasteiger partial charge is 0.0501 e. The van der Waals surface area contributed by atoms with Crippen molar-refractivity contribution in [2.24, 2.45) is 5.84 Å². The van der Waals surface area contributed by atoms with Crippen molar-refractivity contribution < 1.29 is 0 Å². The molecular formula is C16H18BrClN2. The summed E-state index contributed by atoms with van der Waals surface area (Å²) in [6, 6.07) is 12.2. The highest BCUT2D eigenvalue weighted by molar-refractivity contribution is 9.10. The Kier molecular flexibility index (Phi) is 5.22. The summed E-state index contributed by atoms with van der Waals surface area (Å²) in [5.41, 5.74) is 7.57. The van der Waals surface area contributed by atoms with Gasteiger partial charge >= 0.3 is 0 Å². The summed E-state index contributed by atoms with van der Waals surface area (Å²) >= 11 is 9.81. The largest absolute Gasteiger partial charge is 0.271 e. The van der Waals surface area contributed by atoms with E-state index in [0.717, 1.165) is 21.5 Å². The lowest BCUT2D eigenvalue weighted by atomic mass is 9.96. The summed E-state index contributed by atoms with van der Waals surface area (Å²) in [5.74, 6) is 5.74. The van der Waals surface area contributed by atoms with Crippen LogP contribution < -0.4 is 11.3 Å². The number of aryl methyl sites for hydroxylation is 2. The number of hydrazine groups is 1. The normalized spacial score (nSPS) is 12.4. The van der Waals surface area contributed by atoms with Crippen molar-refractivity contribution in [1.82, 2.24) is 5.43 Å². The molecule has 2 rings (SSSR count). The summed E-state index contributed by atoms with van der Waals surface area (Å²) in [6.45, 7) is 4.17. The highest BCUT2D eigenvalue weighted by Gasteiger charge is 2.14. The van der Waals surface area contributed by atoms with E-state index in [1.807, 2.05) is 24.3 Å². The lowest BCUT2D eigenvalue weighted by molar-refractivity contribution is 0.551. The molecule has 0 saturated heterocycles.